The molecule has 0 radical (unpaired) electrons. The lowest BCUT2D eigenvalue weighted by Crippen LogP contribution is -2.23. The Balaban J connectivity index is 1.61. The summed E-state index contributed by atoms with van der Waals surface area (Å²) in [4.78, 5) is 26.9. The van der Waals surface area contributed by atoms with Gasteiger partial charge < -0.3 is 10.2 Å². The summed E-state index contributed by atoms with van der Waals surface area (Å²) in [6, 6.07) is 23.5. The van der Waals surface area contributed by atoms with Crippen LogP contribution in [-0.4, -0.2) is 27.9 Å². The molecule has 1 N–H and O–H groups in total. The minimum absolute atomic E-state index is 0.415. The highest BCUT2D eigenvalue weighted by Gasteiger charge is 2.14. The second-order valence-corrected chi connectivity index (χ2v) is 7.02. The summed E-state index contributed by atoms with van der Waals surface area (Å²) in [7, 11) is 0. The average Bonchev–Trinajstić information content (AvgIpc) is 2.84. The number of aromatic nitrogens is 3. The number of nitrogens with one attached hydrogen (secondary N) is 1. The van der Waals surface area contributed by atoms with Crippen molar-refractivity contribution in [1.82, 2.24) is 15.0 Å². The maximum Gasteiger partial charge on any atom is 0.214 e. The van der Waals surface area contributed by atoms with Crippen LogP contribution in [0.2, 0.25) is 0 Å². The van der Waals surface area contributed by atoms with Gasteiger partial charge in [0.15, 0.2) is 5.82 Å². The molecule has 3 heterocycles. The van der Waals surface area contributed by atoms with Gasteiger partial charge in [-0.2, -0.15) is 0 Å². The van der Waals surface area contributed by atoms with Crippen molar-refractivity contribution in [3.05, 3.63) is 103 Å². The SMILES string of the molecule is O=CN(Cc1cccnc1)c1ccc(-c2ccccc2)nc1NCCc1ccccn1. The standard InChI is InChI=1S/C25H23N5O/c31-19-30(18-20-7-6-14-26-17-20)24-12-11-23(21-8-2-1-3-9-21)29-25(24)28-16-13-22-10-4-5-15-27-22/h1-12,14-15,17,19H,13,16,18H2,(H,28,29). The number of hydrogen-bond acceptors (Lipinski definition) is 5. The summed E-state index contributed by atoms with van der Waals surface area (Å²) in [6.45, 7) is 1.06. The maximum atomic E-state index is 12.0. The van der Waals surface area contributed by atoms with E-state index in [4.69, 9.17) is 4.98 Å². The zero-order valence-electron chi connectivity index (χ0n) is 17.1. The van der Waals surface area contributed by atoms with Gasteiger partial charge in [0.05, 0.1) is 17.9 Å². The van der Waals surface area contributed by atoms with Crippen LogP contribution in [0.5, 0.6) is 0 Å². The molecule has 0 saturated heterocycles. The van der Waals surface area contributed by atoms with Gasteiger partial charge in [0.25, 0.3) is 0 Å². The van der Waals surface area contributed by atoms with Crippen LogP contribution in [0.1, 0.15) is 11.3 Å². The molecule has 0 aliphatic carbocycles. The molecule has 154 valence electrons. The number of nitrogens with zero attached hydrogens (tertiary/aromatic N) is 4. The molecule has 1 amide bonds. The molecule has 0 unspecified atom stereocenters. The Bertz CT molecular complexity index is 1100. The Morgan fingerprint density at radius 1 is 0.903 bits per heavy atom. The van der Waals surface area contributed by atoms with Crippen LogP contribution in [0, 0.1) is 0 Å². The fourth-order valence-electron chi connectivity index (χ4n) is 3.31. The normalized spacial score (nSPS) is 10.5. The van der Waals surface area contributed by atoms with E-state index in [1.54, 1.807) is 23.5 Å². The number of amides is 1. The zero-order chi connectivity index (χ0) is 21.3. The molecule has 1 aromatic carbocycles. The van der Waals surface area contributed by atoms with Gasteiger partial charge in [0.1, 0.15) is 0 Å². The molecule has 6 heteroatoms. The lowest BCUT2D eigenvalue weighted by molar-refractivity contribution is -0.107. The van der Waals surface area contributed by atoms with Crippen molar-refractivity contribution >= 4 is 17.9 Å². The molecule has 0 saturated carbocycles. The van der Waals surface area contributed by atoms with Crippen LogP contribution in [0.3, 0.4) is 0 Å². The molecule has 4 rings (SSSR count). The second-order valence-electron chi connectivity index (χ2n) is 7.02. The lowest BCUT2D eigenvalue weighted by atomic mass is 10.1. The van der Waals surface area contributed by atoms with E-state index in [1.807, 2.05) is 72.8 Å². The summed E-state index contributed by atoms with van der Waals surface area (Å²) in [5, 5.41) is 3.41. The fraction of sp³-hybridized carbons (Fsp3) is 0.120. The van der Waals surface area contributed by atoms with Gasteiger partial charge >= 0.3 is 0 Å². The highest BCUT2D eigenvalue weighted by molar-refractivity contribution is 5.83. The predicted octanol–water partition coefficient (Wildman–Crippen LogP) is 4.36. The van der Waals surface area contributed by atoms with E-state index >= 15 is 0 Å². The molecular weight excluding hydrogens is 386 g/mol. The highest BCUT2D eigenvalue weighted by atomic mass is 16.1. The average molecular weight is 409 g/mol. The van der Waals surface area contributed by atoms with Crippen molar-refractivity contribution in [2.24, 2.45) is 0 Å². The van der Waals surface area contributed by atoms with Crippen LogP contribution in [0.15, 0.2) is 91.4 Å². The first kappa shape index (κ1) is 20.2. The van der Waals surface area contributed by atoms with E-state index in [0.717, 1.165) is 41.0 Å². The summed E-state index contributed by atoms with van der Waals surface area (Å²) in [5.74, 6) is 0.660. The van der Waals surface area contributed by atoms with Gasteiger partial charge in [-0.05, 0) is 35.9 Å². The van der Waals surface area contributed by atoms with Crippen molar-refractivity contribution in [2.75, 3.05) is 16.8 Å². The first-order chi connectivity index (χ1) is 15.3. The van der Waals surface area contributed by atoms with Crippen LogP contribution in [0.25, 0.3) is 11.3 Å². The van der Waals surface area contributed by atoms with Gasteiger partial charge in [-0.25, -0.2) is 4.98 Å². The smallest absolute Gasteiger partial charge is 0.214 e. The minimum atomic E-state index is 0.415. The highest BCUT2D eigenvalue weighted by Crippen LogP contribution is 2.28. The number of anilines is 2. The van der Waals surface area contributed by atoms with E-state index in [0.29, 0.717) is 18.9 Å². The lowest BCUT2D eigenvalue weighted by Gasteiger charge is -2.21. The van der Waals surface area contributed by atoms with Gasteiger partial charge in [-0.1, -0.05) is 42.5 Å². The molecule has 0 fully saturated rings. The predicted molar refractivity (Wildman–Crippen MR) is 123 cm³/mol. The van der Waals surface area contributed by atoms with Crippen LogP contribution < -0.4 is 10.2 Å². The molecule has 6 nitrogen and oxygen atoms in total. The van der Waals surface area contributed by atoms with E-state index in [9.17, 15) is 4.79 Å². The van der Waals surface area contributed by atoms with Gasteiger partial charge in [-0.15, -0.1) is 0 Å². The van der Waals surface area contributed by atoms with Crippen LogP contribution in [-0.2, 0) is 17.8 Å². The number of carbonyl (C=O) groups is 1. The van der Waals surface area contributed by atoms with E-state index in [-0.39, 0.29) is 0 Å². The molecule has 0 aliphatic rings. The van der Waals surface area contributed by atoms with E-state index < -0.39 is 0 Å². The molecular formula is C25H23N5O. The quantitative estimate of drug-likeness (QED) is 0.416. The number of pyridine rings is 3. The van der Waals surface area contributed by atoms with Crippen molar-refractivity contribution < 1.29 is 4.79 Å². The maximum absolute atomic E-state index is 12.0. The third-order valence-corrected chi connectivity index (χ3v) is 4.86. The number of benzene rings is 1. The monoisotopic (exact) mass is 409 g/mol. The van der Waals surface area contributed by atoms with Crippen molar-refractivity contribution in [1.29, 1.82) is 0 Å². The van der Waals surface area contributed by atoms with Crippen molar-refractivity contribution in [2.45, 2.75) is 13.0 Å². The first-order valence-corrected chi connectivity index (χ1v) is 10.1. The minimum Gasteiger partial charge on any atom is -0.368 e. The summed E-state index contributed by atoms with van der Waals surface area (Å²) >= 11 is 0. The van der Waals surface area contributed by atoms with Crippen molar-refractivity contribution in [3.8, 4) is 11.3 Å². The fourth-order valence-corrected chi connectivity index (χ4v) is 3.31. The number of rotatable bonds is 9. The van der Waals surface area contributed by atoms with Gasteiger partial charge in [-0.3, -0.25) is 14.8 Å². The second kappa shape index (κ2) is 10.1. The third-order valence-electron chi connectivity index (χ3n) is 4.86. The first-order valence-electron chi connectivity index (χ1n) is 10.1. The van der Waals surface area contributed by atoms with Gasteiger partial charge in [0.2, 0.25) is 6.41 Å². The third kappa shape index (κ3) is 5.30. The molecule has 4 aromatic rings. The zero-order valence-corrected chi connectivity index (χ0v) is 17.1. The molecule has 0 atom stereocenters. The summed E-state index contributed by atoms with van der Waals surface area (Å²) in [6.07, 6.45) is 6.85. The Morgan fingerprint density at radius 2 is 1.77 bits per heavy atom. The summed E-state index contributed by atoms with van der Waals surface area (Å²) in [5.41, 5.74) is 4.53. The van der Waals surface area contributed by atoms with Crippen LogP contribution >= 0.6 is 0 Å². The van der Waals surface area contributed by atoms with Crippen LogP contribution in [0.4, 0.5) is 11.5 Å². The molecule has 31 heavy (non-hydrogen) atoms. The Kier molecular flexibility index (Phi) is 6.60. The molecule has 0 bridgehead atoms. The Hall–Kier alpha value is -4.06. The van der Waals surface area contributed by atoms with E-state index in [2.05, 4.69) is 15.3 Å². The molecule has 0 aliphatic heterocycles. The Labute approximate surface area is 181 Å². The van der Waals surface area contributed by atoms with Crippen molar-refractivity contribution in [3.63, 3.8) is 0 Å². The van der Waals surface area contributed by atoms with E-state index in [1.165, 1.54) is 0 Å². The summed E-state index contributed by atoms with van der Waals surface area (Å²) < 4.78 is 0. The molecule has 0 spiro atoms. The molecule has 3 aromatic heterocycles. The number of carbonyl (C=O) groups excluding carboxylic acids is 1. The number of hydrogen-bond donors (Lipinski definition) is 1. The Morgan fingerprint density at radius 3 is 2.52 bits per heavy atom. The topological polar surface area (TPSA) is 71.0 Å². The van der Waals surface area contributed by atoms with Gasteiger partial charge in [0, 0.05) is 42.8 Å². The largest absolute Gasteiger partial charge is 0.368 e.